The Balaban J connectivity index is 1.56. The normalized spacial score (nSPS) is 27.6. The molecule has 33 heavy (non-hydrogen) atoms. The lowest BCUT2D eigenvalue weighted by Crippen LogP contribution is -2.50. The second-order valence-corrected chi connectivity index (χ2v) is 9.84. The Kier molecular flexibility index (Phi) is 8.09. The van der Waals surface area contributed by atoms with E-state index in [1.54, 1.807) is 0 Å². The zero-order chi connectivity index (χ0) is 23.4. The van der Waals surface area contributed by atoms with Gasteiger partial charge in [0, 0.05) is 32.1 Å². The number of amides is 1. The Bertz CT molecular complexity index is 856. The summed E-state index contributed by atoms with van der Waals surface area (Å²) < 4.78 is 13.7. The van der Waals surface area contributed by atoms with Crippen molar-refractivity contribution in [2.45, 2.75) is 84.0 Å². The number of likely N-dealkylation sites (N-methyl/N-ethyl adjacent to an activating group) is 1. The molecular weight excluding hydrogens is 418 g/mol. The molecule has 8 nitrogen and oxygen atoms in total. The zero-order valence-electron chi connectivity index (χ0n) is 20.6. The van der Waals surface area contributed by atoms with E-state index in [0.717, 1.165) is 61.5 Å². The minimum Gasteiger partial charge on any atom is -0.381 e. The van der Waals surface area contributed by atoms with Crippen LogP contribution >= 0.6 is 0 Å². The van der Waals surface area contributed by atoms with Crippen LogP contribution < -0.4 is 10.6 Å². The number of carbonyl (C=O) groups excluding carboxylic acids is 1. The van der Waals surface area contributed by atoms with Gasteiger partial charge in [-0.15, -0.1) is 0 Å². The Hall–Kier alpha value is -1.90. The third-order valence-corrected chi connectivity index (χ3v) is 7.34. The minimum absolute atomic E-state index is 0.00942. The van der Waals surface area contributed by atoms with Crippen molar-refractivity contribution in [1.82, 2.24) is 10.6 Å². The van der Waals surface area contributed by atoms with Crippen LogP contribution in [0.1, 0.15) is 65.7 Å². The van der Waals surface area contributed by atoms with E-state index in [0.29, 0.717) is 18.9 Å². The Morgan fingerprint density at radius 3 is 2.79 bits per heavy atom. The Labute approximate surface area is 197 Å². The fourth-order valence-corrected chi connectivity index (χ4v) is 5.01. The molecule has 1 amide bonds. The van der Waals surface area contributed by atoms with Gasteiger partial charge in [0.25, 0.3) is 0 Å². The number of rotatable bonds is 10. The van der Waals surface area contributed by atoms with Crippen molar-refractivity contribution in [2.75, 3.05) is 26.8 Å². The maximum atomic E-state index is 12.5. The van der Waals surface area contributed by atoms with Crippen LogP contribution in [0.25, 0.3) is 0 Å². The van der Waals surface area contributed by atoms with Crippen molar-refractivity contribution in [3.8, 4) is 0 Å². The van der Waals surface area contributed by atoms with Crippen molar-refractivity contribution < 1.29 is 18.8 Å². The number of carbonyl (C=O) groups is 1. The third kappa shape index (κ3) is 5.61. The van der Waals surface area contributed by atoms with E-state index >= 15 is 0 Å². The second-order valence-electron chi connectivity index (χ2n) is 9.84. The standard InChI is InChI=1S/C25H39N5O3/c1-5-16(2)7-6-8-19(26-4)20-15-30-21(13-22-24(31)27-14-17(3)33-22)23(29-25(30)28-20)18-9-11-32-12-10-18/h15-19,22,26H,5-14H2,1-4H3/p+1. The van der Waals surface area contributed by atoms with Crippen LogP contribution in [0.2, 0.25) is 0 Å². The molecule has 2 N–H and O–H groups in total. The summed E-state index contributed by atoms with van der Waals surface area (Å²) >= 11 is 0. The summed E-state index contributed by atoms with van der Waals surface area (Å²) in [5.74, 6) is 1.77. The quantitative estimate of drug-likeness (QED) is 0.493. The molecule has 4 unspecified atom stereocenters. The van der Waals surface area contributed by atoms with Gasteiger partial charge in [0.2, 0.25) is 5.91 Å². The highest BCUT2D eigenvalue weighted by Gasteiger charge is 2.43. The highest BCUT2D eigenvalue weighted by Crippen LogP contribution is 2.27. The van der Waals surface area contributed by atoms with E-state index in [-0.39, 0.29) is 18.1 Å². The summed E-state index contributed by atoms with van der Waals surface area (Å²) in [6.45, 7) is 8.63. The molecule has 0 spiro atoms. The molecule has 0 saturated carbocycles. The van der Waals surface area contributed by atoms with Crippen LogP contribution in [-0.4, -0.2) is 72.9 Å². The van der Waals surface area contributed by atoms with Crippen LogP contribution in [0.3, 0.4) is 0 Å². The molecule has 4 rings (SSSR count). The number of guanidine groups is 1. The first kappa shape index (κ1) is 24.2. The molecule has 4 heterocycles. The van der Waals surface area contributed by atoms with Crippen molar-refractivity contribution in [3.63, 3.8) is 0 Å². The van der Waals surface area contributed by atoms with Gasteiger partial charge in [0.1, 0.15) is 18.0 Å². The van der Waals surface area contributed by atoms with E-state index in [4.69, 9.17) is 19.5 Å². The van der Waals surface area contributed by atoms with E-state index in [2.05, 4.69) is 35.3 Å². The maximum Gasteiger partial charge on any atom is 0.438 e. The van der Waals surface area contributed by atoms with Crippen molar-refractivity contribution in [3.05, 3.63) is 11.9 Å². The van der Waals surface area contributed by atoms with E-state index in [9.17, 15) is 4.79 Å². The molecule has 8 heteroatoms. The monoisotopic (exact) mass is 458 g/mol. The molecule has 2 fully saturated rings. The number of nitrogens with one attached hydrogen (secondary N) is 2. The number of aliphatic imine (C=N–C) groups is 2. The fourth-order valence-electron chi connectivity index (χ4n) is 5.01. The average Bonchev–Trinajstić information content (AvgIpc) is 3.38. The molecule has 0 aromatic carbocycles. The molecule has 0 aliphatic carbocycles. The first-order valence-electron chi connectivity index (χ1n) is 12.7. The van der Waals surface area contributed by atoms with Gasteiger partial charge in [-0.1, -0.05) is 43.1 Å². The lowest BCUT2D eigenvalue weighted by atomic mass is 9.89. The smallest absolute Gasteiger partial charge is 0.381 e. The summed E-state index contributed by atoms with van der Waals surface area (Å²) in [7, 11) is 2.00. The predicted octanol–water partition coefficient (Wildman–Crippen LogP) is 2.63. The van der Waals surface area contributed by atoms with Crippen LogP contribution in [0.15, 0.2) is 21.9 Å². The third-order valence-electron chi connectivity index (χ3n) is 7.34. The summed E-state index contributed by atoms with van der Waals surface area (Å²) in [4.78, 5) is 22.4. The molecule has 4 aliphatic rings. The maximum absolute atomic E-state index is 12.5. The highest BCUT2D eigenvalue weighted by molar-refractivity contribution is 6.45. The number of ether oxygens (including phenoxy) is 2. The number of nitrogens with zero attached hydrogens (tertiary/aromatic N) is 3. The van der Waals surface area contributed by atoms with Crippen molar-refractivity contribution in [1.29, 1.82) is 0 Å². The number of morpholine rings is 1. The molecular formula is C25H40N5O3+. The lowest BCUT2D eigenvalue weighted by molar-refractivity contribution is -0.320. The number of hydrogen-bond donors (Lipinski definition) is 2. The van der Waals surface area contributed by atoms with Crippen molar-refractivity contribution >= 4 is 23.3 Å². The molecule has 0 bridgehead atoms. The van der Waals surface area contributed by atoms with Crippen LogP contribution in [0.5, 0.6) is 0 Å². The van der Waals surface area contributed by atoms with Gasteiger partial charge in [-0.05, 0) is 39.2 Å². The molecule has 4 atom stereocenters. The molecule has 182 valence electrons. The van der Waals surface area contributed by atoms with Crippen LogP contribution in [-0.2, 0) is 14.3 Å². The average molecular weight is 459 g/mol. The van der Waals surface area contributed by atoms with E-state index < -0.39 is 6.10 Å². The molecule has 2 saturated heterocycles. The SMILES string of the molecule is CCC(C)CCCC(NC)C1=C[N+]2=C(CC3OC(C)CNC3=O)C(C3CCOCC3)=NC2=N1. The molecule has 0 radical (unpaired) electrons. The van der Waals surface area contributed by atoms with Gasteiger partial charge in [-0.2, -0.15) is 4.58 Å². The van der Waals surface area contributed by atoms with Gasteiger partial charge in [0.15, 0.2) is 11.4 Å². The Morgan fingerprint density at radius 2 is 2.06 bits per heavy atom. The van der Waals surface area contributed by atoms with Gasteiger partial charge in [-0.3, -0.25) is 4.79 Å². The first-order chi connectivity index (χ1) is 16.0. The minimum atomic E-state index is -0.499. The lowest BCUT2D eigenvalue weighted by Gasteiger charge is -2.28. The highest BCUT2D eigenvalue weighted by atomic mass is 16.5. The topological polar surface area (TPSA) is 87.3 Å². The molecule has 0 aromatic heterocycles. The predicted molar refractivity (Wildman–Crippen MR) is 130 cm³/mol. The first-order valence-corrected chi connectivity index (χ1v) is 12.7. The van der Waals surface area contributed by atoms with E-state index in [1.165, 1.54) is 19.3 Å². The summed E-state index contributed by atoms with van der Waals surface area (Å²) in [5.41, 5.74) is 3.13. The molecule has 4 aliphatic heterocycles. The van der Waals surface area contributed by atoms with Gasteiger partial charge < -0.3 is 20.1 Å². The number of hydrogen-bond acceptors (Lipinski definition) is 6. The van der Waals surface area contributed by atoms with Crippen LogP contribution in [0.4, 0.5) is 0 Å². The second kappa shape index (κ2) is 11.0. The Morgan fingerprint density at radius 1 is 1.27 bits per heavy atom. The summed E-state index contributed by atoms with van der Waals surface area (Å²) in [6.07, 6.45) is 8.71. The van der Waals surface area contributed by atoms with Crippen LogP contribution in [0, 0.1) is 11.8 Å². The zero-order valence-corrected chi connectivity index (χ0v) is 20.6. The number of fused-ring (bicyclic) bond motifs is 1. The summed E-state index contributed by atoms with van der Waals surface area (Å²) in [5, 5.41) is 6.42. The molecule has 0 aromatic rings. The summed E-state index contributed by atoms with van der Waals surface area (Å²) in [6, 6.07) is 0.199. The van der Waals surface area contributed by atoms with Crippen molar-refractivity contribution in [2.24, 2.45) is 21.8 Å². The van der Waals surface area contributed by atoms with E-state index in [1.807, 2.05) is 14.0 Å². The fraction of sp³-hybridized carbons (Fsp3) is 0.760. The van der Waals surface area contributed by atoms with Gasteiger partial charge in [0.05, 0.1) is 12.1 Å². The van der Waals surface area contributed by atoms with Gasteiger partial charge in [-0.25, -0.2) is 0 Å². The van der Waals surface area contributed by atoms with Gasteiger partial charge >= 0.3 is 5.96 Å². The largest absolute Gasteiger partial charge is 0.438 e.